The number of ether oxygens (including phenoxy) is 1. The van der Waals surface area contributed by atoms with Gasteiger partial charge in [-0.05, 0) is 74.9 Å². The largest absolute Gasteiger partial charge is 0.475 e. The molecule has 1 aromatic heterocycles. The molecule has 0 spiro atoms. The number of nitrogens with zero attached hydrogens (tertiary/aromatic N) is 4. The van der Waals surface area contributed by atoms with Crippen LogP contribution < -0.4 is 15.2 Å². The summed E-state index contributed by atoms with van der Waals surface area (Å²) in [5.74, 6) is 0.151. The normalized spacial score (nSPS) is 20.8. The summed E-state index contributed by atoms with van der Waals surface area (Å²) < 4.78 is 39.2. The van der Waals surface area contributed by atoms with Crippen molar-refractivity contribution in [1.82, 2.24) is 14.7 Å². The van der Waals surface area contributed by atoms with Gasteiger partial charge >= 0.3 is 6.03 Å². The molecule has 0 radical (unpaired) electrons. The first kappa shape index (κ1) is 21.4. The van der Waals surface area contributed by atoms with Gasteiger partial charge in [0.25, 0.3) is 0 Å². The van der Waals surface area contributed by atoms with Crippen LogP contribution in [0, 0.1) is 5.82 Å². The maximum Gasteiger partial charge on any atom is 0.354 e. The summed E-state index contributed by atoms with van der Waals surface area (Å²) in [6, 6.07) is -0.693. The van der Waals surface area contributed by atoms with Gasteiger partial charge < -0.3 is 15.0 Å². The topological polar surface area (TPSA) is 115 Å². The van der Waals surface area contributed by atoms with E-state index in [4.69, 9.17) is 9.88 Å². The molecule has 0 saturated heterocycles. The summed E-state index contributed by atoms with van der Waals surface area (Å²) in [4.78, 5) is 14.9. The molecule has 0 bridgehead atoms. The highest BCUT2D eigenvalue weighted by atomic mass is 32.2. The van der Waals surface area contributed by atoms with Crippen LogP contribution in [0.1, 0.15) is 35.1 Å². The van der Waals surface area contributed by atoms with E-state index in [9.17, 15) is 13.4 Å². The fourth-order valence-corrected chi connectivity index (χ4v) is 5.92. The number of rotatable bonds is 3. The third-order valence-corrected chi connectivity index (χ3v) is 7.97. The Kier molecular flexibility index (Phi) is 5.22. The van der Waals surface area contributed by atoms with Crippen LogP contribution in [0.2, 0.25) is 0 Å². The molecule has 2 aliphatic carbocycles. The minimum absolute atomic E-state index is 0.0967. The monoisotopic (exact) mass is 462 g/mol. The van der Waals surface area contributed by atoms with Gasteiger partial charge in [-0.2, -0.15) is 5.10 Å². The SMILES string of the molecule is CN(C)C1COc2c(S(N)(=O)=NC(=O)Nc3c4c(c(F)c5c3CCC5)CCC4)cnn2C1. The van der Waals surface area contributed by atoms with Gasteiger partial charge in [0.1, 0.15) is 17.3 Å². The molecule has 9 nitrogen and oxygen atoms in total. The Morgan fingerprint density at radius 2 is 1.88 bits per heavy atom. The molecule has 2 heterocycles. The van der Waals surface area contributed by atoms with E-state index in [1.165, 1.54) is 6.20 Å². The molecule has 2 unspecified atom stereocenters. The van der Waals surface area contributed by atoms with Gasteiger partial charge in [0.15, 0.2) is 9.92 Å². The number of benzene rings is 1. The van der Waals surface area contributed by atoms with E-state index in [0.717, 1.165) is 24.0 Å². The first-order chi connectivity index (χ1) is 15.3. The molecule has 2 amide bonds. The van der Waals surface area contributed by atoms with Crippen molar-refractivity contribution in [2.45, 2.75) is 56.0 Å². The fourth-order valence-electron chi connectivity index (χ4n) is 4.91. The van der Waals surface area contributed by atoms with E-state index in [2.05, 4.69) is 14.8 Å². The van der Waals surface area contributed by atoms with Gasteiger partial charge in [0, 0.05) is 5.69 Å². The van der Waals surface area contributed by atoms with E-state index in [0.29, 0.717) is 55.6 Å². The maximum atomic E-state index is 14.9. The molecule has 0 saturated carbocycles. The van der Waals surface area contributed by atoms with Gasteiger partial charge in [0.2, 0.25) is 5.88 Å². The lowest BCUT2D eigenvalue weighted by atomic mass is 9.98. The highest BCUT2D eigenvalue weighted by Gasteiger charge is 2.31. The Bertz CT molecular complexity index is 1200. The van der Waals surface area contributed by atoms with Crippen molar-refractivity contribution in [1.29, 1.82) is 0 Å². The standard InChI is InChI=1S/C21H27FN6O3S/c1-27(2)12-10-28-20(31-11-12)17(9-24-28)32(23,30)26-21(29)25-19-15-7-3-5-13(15)18(22)14-6-4-8-16(14)19/h9,12H,3-8,10-11H2,1-2H3,(H3,23,25,26,29,30). The number of nitrogens with two attached hydrogens (primary N) is 1. The smallest absolute Gasteiger partial charge is 0.354 e. The molecule has 5 rings (SSSR count). The minimum atomic E-state index is -3.58. The van der Waals surface area contributed by atoms with Crippen LogP contribution in [0.5, 0.6) is 5.88 Å². The number of amides is 2. The zero-order valence-corrected chi connectivity index (χ0v) is 19.0. The minimum Gasteiger partial charge on any atom is -0.475 e. The van der Waals surface area contributed by atoms with Gasteiger partial charge in [-0.3, -0.25) is 0 Å². The summed E-state index contributed by atoms with van der Waals surface area (Å²) in [5, 5.41) is 13.0. The van der Waals surface area contributed by atoms with Crippen molar-refractivity contribution < 1.29 is 18.1 Å². The third-order valence-electron chi connectivity index (χ3n) is 6.62. The third kappa shape index (κ3) is 3.48. The maximum absolute atomic E-state index is 14.9. The Balaban J connectivity index is 1.45. The summed E-state index contributed by atoms with van der Waals surface area (Å²) in [7, 11) is 0.300. The Labute approximate surface area is 186 Å². The Hall–Kier alpha value is -2.50. The quantitative estimate of drug-likeness (QED) is 0.726. The van der Waals surface area contributed by atoms with E-state index < -0.39 is 15.9 Å². The number of hydrogen-bond donors (Lipinski definition) is 2. The van der Waals surface area contributed by atoms with Crippen molar-refractivity contribution in [2.24, 2.45) is 9.50 Å². The number of carbonyl (C=O) groups is 1. The number of anilines is 1. The second-order valence-electron chi connectivity index (χ2n) is 8.82. The highest BCUT2D eigenvalue weighted by Crippen LogP contribution is 2.41. The van der Waals surface area contributed by atoms with Gasteiger partial charge in [-0.1, -0.05) is 0 Å². The molecule has 32 heavy (non-hydrogen) atoms. The molecular weight excluding hydrogens is 435 g/mol. The van der Waals surface area contributed by atoms with Gasteiger partial charge in [-0.15, -0.1) is 4.36 Å². The number of fused-ring (bicyclic) bond motifs is 3. The Morgan fingerprint density at radius 1 is 1.25 bits per heavy atom. The molecule has 0 fully saturated rings. The van der Waals surface area contributed by atoms with E-state index in [1.54, 1.807) is 4.68 Å². The number of urea groups is 1. The molecule has 2 aromatic rings. The van der Waals surface area contributed by atoms with Crippen LogP contribution >= 0.6 is 0 Å². The zero-order chi connectivity index (χ0) is 22.6. The predicted molar refractivity (Wildman–Crippen MR) is 118 cm³/mol. The molecule has 1 aliphatic heterocycles. The van der Waals surface area contributed by atoms with Crippen LogP contribution in [0.3, 0.4) is 0 Å². The summed E-state index contributed by atoms with van der Waals surface area (Å²) in [6.07, 6.45) is 5.76. The summed E-state index contributed by atoms with van der Waals surface area (Å²) in [5.41, 5.74) is 3.65. The molecule has 1 aromatic carbocycles. The van der Waals surface area contributed by atoms with Crippen LogP contribution in [0.4, 0.5) is 14.9 Å². The van der Waals surface area contributed by atoms with E-state index >= 15 is 0 Å². The fraction of sp³-hybridized carbons (Fsp3) is 0.524. The first-order valence-electron chi connectivity index (χ1n) is 10.8. The number of likely N-dealkylation sites (N-methyl/N-ethyl adjacent to an activating group) is 1. The lowest BCUT2D eigenvalue weighted by Gasteiger charge is -2.29. The Morgan fingerprint density at radius 3 is 2.50 bits per heavy atom. The number of halogens is 1. The second kappa shape index (κ2) is 7.82. The van der Waals surface area contributed by atoms with Crippen LogP contribution in [0.15, 0.2) is 15.5 Å². The van der Waals surface area contributed by atoms with Crippen molar-refractivity contribution in [3.63, 3.8) is 0 Å². The van der Waals surface area contributed by atoms with Crippen LogP contribution in [-0.4, -0.2) is 51.7 Å². The van der Waals surface area contributed by atoms with Crippen molar-refractivity contribution in [3.8, 4) is 5.88 Å². The highest BCUT2D eigenvalue weighted by molar-refractivity contribution is 7.91. The number of hydrogen-bond acceptors (Lipinski definition) is 5. The summed E-state index contributed by atoms with van der Waals surface area (Å²) >= 11 is 0. The number of aromatic nitrogens is 2. The van der Waals surface area contributed by atoms with E-state index in [-0.39, 0.29) is 22.6 Å². The molecule has 3 aliphatic rings. The van der Waals surface area contributed by atoms with Crippen LogP contribution in [0.25, 0.3) is 0 Å². The average molecular weight is 463 g/mol. The number of carbonyl (C=O) groups excluding carboxylic acids is 1. The van der Waals surface area contributed by atoms with Crippen molar-refractivity contribution >= 4 is 21.6 Å². The average Bonchev–Trinajstić information content (AvgIpc) is 3.49. The zero-order valence-electron chi connectivity index (χ0n) is 18.2. The van der Waals surface area contributed by atoms with Crippen molar-refractivity contribution in [3.05, 3.63) is 34.3 Å². The second-order valence-corrected chi connectivity index (χ2v) is 10.6. The van der Waals surface area contributed by atoms with Gasteiger partial charge in [0.05, 0.1) is 18.8 Å². The van der Waals surface area contributed by atoms with Gasteiger partial charge in [-0.25, -0.2) is 23.2 Å². The molecule has 11 heteroatoms. The lowest BCUT2D eigenvalue weighted by molar-refractivity contribution is 0.117. The van der Waals surface area contributed by atoms with Crippen molar-refractivity contribution in [2.75, 3.05) is 26.0 Å². The summed E-state index contributed by atoms with van der Waals surface area (Å²) in [6.45, 7) is 0.944. The molecule has 2 atom stereocenters. The predicted octanol–water partition coefficient (Wildman–Crippen LogP) is 2.25. The first-order valence-corrected chi connectivity index (χ1v) is 12.4. The lowest BCUT2D eigenvalue weighted by Crippen LogP contribution is -2.41. The van der Waals surface area contributed by atoms with E-state index in [1.807, 2.05) is 19.0 Å². The molecule has 3 N–H and O–H groups in total. The molecule has 172 valence electrons. The molecular formula is C21H27FN6O3S. The number of nitrogens with one attached hydrogen (secondary N) is 1. The van der Waals surface area contributed by atoms with Crippen LogP contribution in [-0.2, 0) is 42.1 Å².